The van der Waals surface area contributed by atoms with Crippen molar-refractivity contribution < 1.29 is 5.11 Å². The highest BCUT2D eigenvalue weighted by molar-refractivity contribution is 5.30. The van der Waals surface area contributed by atoms with Gasteiger partial charge in [-0.3, -0.25) is 4.90 Å². The first-order chi connectivity index (χ1) is 10.3. The quantitative estimate of drug-likeness (QED) is 0.938. The number of hydrogen-bond donors (Lipinski definition) is 1. The minimum Gasteiger partial charge on any atom is -0.396 e. The largest absolute Gasteiger partial charge is 0.396 e. The lowest BCUT2D eigenvalue weighted by molar-refractivity contribution is 0.114. The molecular weight excluding hydrogens is 262 g/mol. The van der Waals surface area contributed by atoms with Gasteiger partial charge in [-0.2, -0.15) is 0 Å². The molecule has 4 heteroatoms. The highest BCUT2D eigenvalue weighted by Crippen LogP contribution is 2.19. The Labute approximate surface area is 126 Å². The maximum atomic E-state index is 9.36. The first-order valence-electron chi connectivity index (χ1n) is 7.69. The molecule has 0 radical (unpaired) electrons. The van der Waals surface area contributed by atoms with Crippen molar-refractivity contribution in [2.45, 2.75) is 26.3 Å². The van der Waals surface area contributed by atoms with Crippen molar-refractivity contribution in [3.63, 3.8) is 0 Å². The molecular formula is C17H23N3O. The molecule has 0 saturated carbocycles. The van der Waals surface area contributed by atoms with Crippen molar-refractivity contribution in [3.05, 3.63) is 47.9 Å². The molecule has 112 valence electrons. The van der Waals surface area contributed by atoms with Gasteiger partial charge in [-0.15, -0.1) is 0 Å². The second-order valence-corrected chi connectivity index (χ2v) is 5.99. The summed E-state index contributed by atoms with van der Waals surface area (Å²) in [7, 11) is 0. The van der Waals surface area contributed by atoms with E-state index >= 15 is 0 Å². The van der Waals surface area contributed by atoms with Crippen molar-refractivity contribution in [1.82, 2.24) is 14.5 Å². The topological polar surface area (TPSA) is 41.3 Å². The molecule has 2 aromatic rings. The summed E-state index contributed by atoms with van der Waals surface area (Å²) in [6, 6.07) is 8.36. The molecule has 1 unspecified atom stereocenters. The molecule has 0 bridgehead atoms. The SMILES string of the molecule is Cc1ccnc(-n2cccc2CN2CCCC(CO)C2)c1. The van der Waals surface area contributed by atoms with Gasteiger partial charge in [-0.05, 0) is 62.1 Å². The predicted octanol–water partition coefficient (Wildman–Crippen LogP) is 2.39. The zero-order valence-corrected chi connectivity index (χ0v) is 12.6. The van der Waals surface area contributed by atoms with E-state index in [0.717, 1.165) is 31.9 Å². The lowest BCUT2D eigenvalue weighted by Crippen LogP contribution is -2.36. The van der Waals surface area contributed by atoms with Crippen molar-refractivity contribution >= 4 is 0 Å². The molecule has 1 saturated heterocycles. The average Bonchev–Trinajstić information content (AvgIpc) is 2.95. The van der Waals surface area contributed by atoms with Crippen LogP contribution in [0.1, 0.15) is 24.1 Å². The fourth-order valence-electron chi connectivity index (χ4n) is 3.09. The molecule has 2 aromatic heterocycles. The van der Waals surface area contributed by atoms with Crippen molar-refractivity contribution in [1.29, 1.82) is 0 Å². The van der Waals surface area contributed by atoms with Crippen LogP contribution in [0.25, 0.3) is 5.82 Å². The fourth-order valence-corrected chi connectivity index (χ4v) is 3.09. The van der Waals surface area contributed by atoms with Crippen LogP contribution < -0.4 is 0 Å². The van der Waals surface area contributed by atoms with Crippen LogP contribution in [0.3, 0.4) is 0 Å². The van der Waals surface area contributed by atoms with Gasteiger partial charge < -0.3 is 9.67 Å². The molecule has 0 aromatic carbocycles. The smallest absolute Gasteiger partial charge is 0.137 e. The summed E-state index contributed by atoms with van der Waals surface area (Å²) in [4.78, 5) is 6.91. The van der Waals surface area contributed by atoms with E-state index in [0.29, 0.717) is 12.5 Å². The number of aliphatic hydroxyl groups excluding tert-OH is 1. The second-order valence-electron chi connectivity index (χ2n) is 5.99. The lowest BCUT2D eigenvalue weighted by atomic mass is 9.99. The van der Waals surface area contributed by atoms with Crippen LogP contribution in [0.2, 0.25) is 0 Å². The Morgan fingerprint density at radius 1 is 1.38 bits per heavy atom. The summed E-state index contributed by atoms with van der Waals surface area (Å²) in [6.07, 6.45) is 6.25. The van der Waals surface area contributed by atoms with E-state index in [2.05, 4.69) is 45.8 Å². The Balaban J connectivity index is 1.76. The number of aryl methyl sites for hydroxylation is 1. The molecule has 4 nitrogen and oxygen atoms in total. The minimum absolute atomic E-state index is 0.303. The predicted molar refractivity (Wildman–Crippen MR) is 83.4 cm³/mol. The van der Waals surface area contributed by atoms with Gasteiger partial charge in [-0.25, -0.2) is 4.98 Å². The molecule has 3 rings (SSSR count). The fraction of sp³-hybridized carbons (Fsp3) is 0.471. The van der Waals surface area contributed by atoms with Crippen LogP contribution in [0.5, 0.6) is 0 Å². The van der Waals surface area contributed by atoms with E-state index in [1.165, 1.54) is 17.7 Å². The first-order valence-corrected chi connectivity index (χ1v) is 7.69. The van der Waals surface area contributed by atoms with Gasteiger partial charge in [0.15, 0.2) is 0 Å². The number of nitrogens with zero attached hydrogens (tertiary/aromatic N) is 3. The molecule has 21 heavy (non-hydrogen) atoms. The highest BCUT2D eigenvalue weighted by atomic mass is 16.3. The number of rotatable bonds is 4. The van der Waals surface area contributed by atoms with Crippen LogP contribution in [0, 0.1) is 12.8 Å². The lowest BCUT2D eigenvalue weighted by Gasteiger charge is -2.31. The van der Waals surface area contributed by atoms with E-state index in [1.807, 2.05) is 12.3 Å². The van der Waals surface area contributed by atoms with E-state index in [4.69, 9.17) is 0 Å². The van der Waals surface area contributed by atoms with Gasteiger partial charge in [0.25, 0.3) is 0 Å². The van der Waals surface area contributed by atoms with Gasteiger partial charge in [0.05, 0.1) is 0 Å². The van der Waals surface area contributed by atoms with Crippen LogP contribution in [0.4, 0.5) is 0 Å². The second kappa shape index (κ2) is 6.41. The Hall–Kier alpha value is -1.65. The third-order valence-electron chi connectivity index (χ3n) is 4.23. The number of piperidine rings is 1. The Morgan fingerprint density at radius 2 is 2.29 bits per heavy atom. The molecule has 0 aliphatic carbocycles. The Bertz CT molecular complexity index is 593. The Morgan fingerprint density at radius 3 is 3.10 bits per heavy atom. The summed E-state index contributed by atoms with van der Waals surface area (Å²) in [6.45, 7) is 5.41. The van der Waals surface area contributed by atoms with Crippen molar-refractivity contribution in [2.75, 3.05) is 19.7 Å². The van der Waals surface area contributed by atoms with E-state index in [9.17, 15) is 5.11 Å². The van der Waals surface area contributed by atoms with Crippen LogP contribution in [-0.2, 0) is 6.54 Å². The summed E-state index contributed by atoms with van der Waals surface area (Å²) in [5.74, 6) is 1.41. The minimum atomic E-state index is 0.303. The van der Waals surface area contributed by atoms with Crippen molar-refractivity contribution in [3.8, 4) is 5.82 Å². The first kappa shape index (κ1) is 14.3. The average molecular weight is 285 g/mol. The molecule has 1 fully saturated rings. The summed E-state index contributed by atoms with van der Waals surface area (Å²) >= 11 is 0. The van der Waals surface area contributed by atoms with Gasteiger partial charge >= 0.3 is 0 Å². The zero-order chi connectivity index (χ0) is 14.7. The number of aliphatic hydroxyl groups is 1. The molecule has 0 amide bonds. The van der Waals surface area contributed by atoms with E-state index in [1.54, 1.807) is 0 Å². The van der Waals surface area contributed by atoms with Crippen molar-refractivity contribution in [2.24, 2.45) is 5.92 Å². The van der Waals surface area contributed by atoms with Gasteiger partial charge in [-0.1, -0.05) is 0 Å². The van der Waals surface area contributed by atoms with E-state index < -0.39 is 0 Å². The van der Waals surface area contributed by atoms with Gasteiger partial charge in [0.2, 0.25) is 0 Å². The zero-order valence-electron chi connectivity index (χ0n) is 12.6. The monoisotopic (exact) mass is 285 g/mol. The standard InChI is InChI=1S/C17H23N3O/c1-14-6-7-18-17(10-14)20-9-3-5-16(20)12-19-8-2-4-15(11-19)13-21/h3,5-7,9-10,15,21H,2,4,8,11-13H2,1H3. The number of pyridine rings is 1. The summed E-state index contributed by atoms with van der Waals surface area (Å²) in [5.41, 5.74) is 2.48. The maximum Gasteiger partial charge on any atom is 0.137 e. The molecule has 0 spiro atoms. The third-order valence-corrected chi connectivity index (χ3v) is 4.23. The number of aromatic nitrogens is 2. The highest BCUT2D eigenvalue weighted by Gasteiger charge is 2.20. The summed E-state index contributed by atoms with van der Waals surface area (Å²) in [5, 5.41) is 9.36. The van der Waals surface area contributed by atoms with E-state index in [-0.39, 0.29) is 0 Å². The normalized spacial score (nSPS) is 19.8. The number of likely N-dealkylation sites (tertiary alicyclic amines) is 1. The molecule has 1 atom stereocenters. The molecule has 3 heterocycles. The summed E-state index contributed by atoms with van der Waals surface area (Å²) < 4.78 is 2.16. The van der Waals surface area contributed by atoms with Crippen LogP contribution >= 0.6 is 0 Å². The van der Waals surface area contributed by atoms with Crippen LogP contribution in [0.15, 0.2) is 36.7 Å². The molecule has 1 aliphatic rings. The number of hydrogen-bond acceptors (Lipinski definition) is 3. The molecule has 1 aliphatic heterocycles. The van der Waals surface area contributed by atoms with Gasteiger partial charge in [0, 0.05) is 37.8 Å². The van der Waals surface area contributed by atoms with Gasteiger partial charge in [0.1, 0.15) is 5.82 Å². The Kier molecular flexibility index (Phi) is 4.36. The maximum absolute atomic E-state index is 9.36. The third kappa shape index (κ3) is 3.34. The molecule has 1 N–H and O–H groups in total. The van der Waals surface area contributed by atoms with Crippen LogP contribution in [-0.4, -0.2) is 39.3 Å².